The van der Waals surface area contributed by atoms with Crippen LogP contribution in [-0.2, 0) is 10.0 Å². The molecule has 0 saturated carbocycles. The summed E-state index contributed by atoms with van der Waals surface area (Å²) in [5.74, 6) is 0. The maximum atomic E-state index is 13.4. The molecule has 0 aliphatic carbocycles. The smallest absolute Gasteiger partial charge is 0.400 e. The van der Waals surface area contributed by atoms with Gasteiger partial charge in [-0.05, 0) is 32.6 Å². The monoisotopic (exact) mass is 307 g/mol. The van der Waals surface area contributed by atoms with Crippen LogP contribution in [0.25, 0.3) is 0 Å². The minimum Gasteiger partial charge on any atom is -0.400 e. The number of benzene rings is 1. The Kier molecular flexibility index (Phi) is 4.30. The highest BCUT2D eigenvalue weighted by Gasteiger charge is 2.57. The lowest BCUT2D eigenvalue weighted by Crippen LogP contribution is -2.48. The second kappa shape index (κ2) is 5.17. The lowest BCUT2D eigenvalue weighted by Gasteiger charge is -2.37. The summed E-state index contributed by atoms with van der Waals surface area (Å²) in [6.07, 6.45) is -4.75. The average Bonchev–Trinajstić information content (AvgIpc) is 2.25. The molecule has 0 N–H and O–H groups in total. The fraction of sp³-hybridized carbons (Fsp3) is 0.500. The third-order valence-corrected chi connectivity index (χ3v) is 3.69. The van der Waals surface area contributed by atoms with Crippen molar-refractivity contribution in [3.05, 3.63) is 39.9 Å². The Bertz CT molecular complexity index is 513. The number of rotatable bonds is 4. The summed E-state index contributed by atoms with van der Waals surface area (Å²) in [6.45, 7) is 5.65. The van der Waals surface area contributed by atoms with Crippen LogP contribution in [0.3, 0.4) is 0 Å². The average molecular weight is 307 g/mol. The lowest BCUT2D eigenvalue weighted by atomic mass is 9.94. The minimum absolute atomic E-state index is 0.472. The van der Waals surface area contributed by atoms with Gasteiger partial charge in [0.1, 0.15) is 0 Å². The van der Waals surface area contributed by atoms with Crippen LogP contribution < -0.4 is 0 Å². The van der Waals surface area contributed by atoms with Crippen molar-refractivity contribution in [2.24, 2.45) is 0 Å². The summed E-state index contributed by atoms with van der Waals surface area (Å²) in [5, 5.41) is 11.0. The first kappa shape index (κ1) is 16.6. The van der Waals surface area contributed by atoms with Crippen LogP contribution in [0.2, 0.25) is 19.6 Å². The van der Waals surface area contributed by atoms with Gasteiger partial charge in [-0.15, -0.1) is 0 Å². The predicted molar refractivity (Wildman–Crippen MR) is 70.9 cm³/mol. The van der Waals surface area contributed by atoms with Gasteiger partial charge in [-0.25, -0.2) is 0 Å². The van der Waals surface area contributed by atoms with Crippen molar-refractivity contribution < 1.29 is 22.5 Å². The first-order valence-corrected chi connectivity index (χ1v) is 9.30. The summed E-state index contributed by atoms with van der Waals surface area (Å²) < 4.78 is 45.6. The molecule has 20 heavy (non-hydrogen) atoms. The summed E-state index contributed by atoms with van der Waals surface area (Å²) in [7, 11) is -2.59. The maximum Gasteiger partial charge on any atom is 0.420 e. The molecule has 1 aromatic carbocycles. The minimum atomic E-state index is -4.75. The van der Waals surface area contributed by atoms with E-state index in [0.717, 1.165) is 19.1 Å². The molecule has 0 aliphatic rings. The number of nitro benzene ring substituents is 1. The summed E-state index contributed by atoms with van der Waals surface area (Å²) in [5.41, 5.74) is -3.76. The van der Waals surface area contributed by atoms with Crippen LogP contribution in [0.4, 0.5) is 18.9 Å². The maximum absolute atomic E-state index is 13.4. The zero-order valence-electron chi connectivity index (χ0n) is 11.6. The van der Waals surface area contributed by atoms with E-state index in [1.54, 1.807) is 19.6 Å². The number of alkyl halides is 3. The molecule has 8 heteroatoms. The van der Waals surface area contributed by atoms with Gasteiger partial charge >= 0.3 is 6.18 Å². The molecule has 1 atom stereocenters. The van der Waals surface area contributed by atoms with Gasteiger partial charge < -0.3 is 4.43 Å². The Labute approximate surface area is 115 Å². The first-order valence-electron chi connectivity index (χ1n) is 5.89. The van der Waals surface area contributed by atoms with Crippen LogP contribution >= 0.6 is 0 Å². The molecule has 4 nitrogen and oxygen atoms in total. The van der Waals surface area contributed by atoms with Crippen molar-refractivity contribution in [1.29, 1.82) is 0 Å². The van der Waals surface area contributed by atoms with E-state index in [0.29, 0.717) is 0 Å². The van der Waals surface area contributed by atoms with Gasteiger partial charge in [-0.1, -0.05) is 12.1 Å². The summed E-state index contributed by atoms with van der Waals surface area (Å²) >= 11 is 0. The Hall–Kier alpha value is -1.41. The molecule has 0 spiro atoms. The second-order valence-electron chi connectivity index (χ2n) is 5.52. The van der Waals surface area contributed by atoms with Gasteiger partial charge in [0.2, 0.25) is 0 Å². The molecule has 0 saturated heterocycles. The predicted octanol–water partition coefficient (Wildman–Crippen LogP) is 4.22. The highest BCUT2D eigenvalue weighted by atomic mass is 28.4. The number of hydrogen-bond donors (Lipinski definition) is 0. The molecule has 0 unspecified atom stereocenters. The molecule has 0 aromatic heterocycles. The molecule has 0 radical (unpaired) electrons. The van der Waals surface area contributed by atoms with Crippen LogP contribution in [-0.4, -0.2) is 19.4 Å². The summed E-state index contributed by atoms with van der Waals surface area (Å²) in [4.78, 5) is 10.1. The van der Waals surface area contributed by atoms with E-state index in [4.69, 9.17) is 4.43 Å². The SMILES string of the molecule is C[C@@](O[Si](C)(C)C)(c1ccccc1[N+](=O)[O-])C(F)(F)F. The van der Waals surface area contributed by atoms with Gasteiger partial charge in [-0.3, -0.25) is 10.1 Å². The molecule has 0 amide bonds. The van der Waals surface area contributed by atoms with E-state index in [-0.39, 0.29) is 0 Å². The van der Waals surface area contributed by atoms with Gasteiger partial charge in [0, 0.05) is 6.07 Å². The first-order chi connectivity index (χ1) is 8.88. The van der Waals surface area contributed by atoms with Crippen LogP contribution in [0, 0.1) is 10.1 Å². The van der Waals surface area contributed by atoms with Gasteiger partial charge in [0.15, 0.2) is 13.9 Å². The van der Waals surface area contributed by atoms with E-state index < -0.39 is 36.3 Å². The third-order valence-electron chi connectivity index (χ3n) is 2.67. The Morgan fingerprint density at radius 1 is 1.20 bits per heavy atom. The summed E-state index contributed by atoms with van der Waals surface area (Å²) in [6, 6.07) is 4.80. The molecular formula is C12H16F3NO3Si. The van der Waals surface area contributed by atoms with Crippen molar-refractivity contribution in [3.8, 4) is 0 Å². The van der Waals surface area contributed by atoms with Gasteiger partial charge in [0.05, 0.1) is 10.5 Å². The molecule has 0 bridgehead atoms. The van der Waals surface area contributed by atoms with Crippen molar-refractivity contribution in [2.45, 2.75) is 38.3 Å². The zero-order chi connectivity index (χ0) is 15.8. The third kappa shape index (κ3) is 3.37. The van der Waals surface area contributed by atoms with Crippen LogP contribution in [0.1, 0.15) is 12.5 Å². The molecule has 1 rings (SSSR count). The van der Waals surface area contributed by atoms with E-state index >= 15 is 0 Å². The fourth-order valence-corrected chi connectivity index (χ4v) is 3.36. The number of para-hydroxylation sites is 1. The van der Waals surface area contributed by atoms with Crippen molar-refractivity contribution in [1.82, 2.24) is 0 Å². The normalized spacial score (nSPS) is 15.8. The highest BCUT2D eigenvalue weighted by Crippen LogP contribution is 2.46. The van der Waals surface area contributed by atoms with Crippen molar-refractivity contribution >= 4 is 14.0 Å². The standard InChI is InChI=1S/C12H16F3NO3Si/c1-11(12(13,14)15,19-20(2,3)4)9-7-5-6-8-10(9)16(17)18/h5-8H,1-4H3/t11-/m1/s1. The largest absolute Gasteiger partial charge is 0.420 e. The van der Waals surface area contributed by atoms with E-state index in [2.05, 4.69) is 0 Å². The Balaban J connectivity index is 3.51. The second-order valence-corrected chi connectivity index (χ2v) is 9.95. The van der Waals surface area contributed by atoms with Gasteiger partial charge in [-0.2, -0.15) is 13.2 Å². The number of nitrogens with zero attached hydrogens (tertiary/aromatic N) is 1. The molecule has 0 aliphatic heterocycles. The van der Waals surface area contributed by atoms with Crippen molar-refractivity contribution in [2.75, 3.05) is 0 Å². The lowest BCUT2D eigenvalue weighted by molar-refractivity contribution is -0.388. The molecule has 0 fully saturated rings. The van der Waals surface area contributed by atoms with E-state index in [9.17, 15) is 23.3 Å². The van der Waals surface area contributed by atoms with Crippen LogP contribution in [0.5, 0.6) is 0 Å². The van der Waals surface area contributed by atoms with Gasteiger partial charge in [0.25, 0.3) is 5.69 Å². The topological polar surface area (TPSA) is 52.4 Å². The Morgan fingerprint density at radius 3 is 2.10 bits per heavy atom. The van der Waals surface area contributed by atoms with E-state index in [1.165, 1.54) is 12.1 Å². The fourth-order valence-electron chi connectivity index (χ4n) is 1.91. The molecule has 1 aromatic rings. The number of nitro groups is 1. The molecule has 112 valence electrons. The highest BCUT2D eigenvalue weighted by molar-refractivity contribution is 6.69. The Morgan fingerprint density at radius 2 is 1.70 bits per heavy atom. The van der Waals surface area contributed by atoms with Crippen molar-refractivity contribution in [3.63, 3.8) is 0 Å². The quantitative estimate of drug-likeness (QED) is 0.475. The van der Waals surface area contributed by atoms with Crippen LogP contribution in [0.15, 0.2) is 24.3 Å². The molecular weight excluding hydrogens is 291 g/mol. The number of hydrogen-bond acceptors (Lipinski definition) is 3. The van der Waals surface area contributed by atoms with E-state index in [1.807, 2.05) is 0 Å². The zero-order valence-corrected chi connectivity index (χ0v) is 12.6. The number of halogens is 3. The molecule has 0 heterocycles.